The molecule has 1 aliphatic heterocycles. The molecule has 2 amide bonds. The summed E-state index contributed by atoms with van der Waals surface area (Å²) in [5.74, 6) is -0.822. The highest BCUT2D eigenvalue weighted by Gasteiger charge is 2.24. The Balaban J connectivity index is 1.33. The predicted molar refractivity (Wildman–Crippen MR) is 151 cm³/mol. The smallest absolute Gasteiger partial charge is 0.258 e. The molecule has 1 aromatic heterocycles. The molecule has 1 saturated heterocycles. The Morgan fingerprint density at radius 3 is 2.33 bits per heavy atom. The standard InChI is InChI=1S/C32H31FN4O2/c33-29-11-5-4-10-27(29)32(39)36-26-12-13-30(28(20-26)31(38)35-22-25-9-6-16-34-21-25)37-17-14-24(15-18-37)19-23-7-2-1-3-8-23/h1-13,16,20-21,24H,14-15,17-19,22H2,(H,35,38)(H,36,39). The first-order chi connectivity index (χ1) is 19.1. The lowest BCUT2D eigenvalue weighted by Crippen LogP contribution is -2.36. The van der Waals surface area contributed by atoms with Gasteiger partial charge in [0.05, 0.1) is 11.1 Å². The van der Waals surface area contributed by atoms with Gasteiger partial charge in [0.25, 0.3) is 11.8 Å². The molecule has 5 rings (SSSR count). The fraction of sp³-hybridized carbons (Fsp3) is 0.219. The van der Waals surface area contributed by atoms with Crippen LogP contribution in [0.15, 0.2) is 97.3 Å². The first-order valence-corrected chi connectivity index (χ1v) is 13.2. The molecule has 2 heterocycles. The van der Waals surface area contributed by atoms with Gasteiger partial charge in [0.15, 0.2) is 0 Å². The summed E-state index contributed by atoms with van der Waals surface area (Å²) < 4.78 is 14.2. The molecule has 0 atom stereocenters. The number of nitrogens with one attached hydrogen (secondary N) is 2. The molecule has 39 heavy (non-hydrogen) atoms. The number of carbonyl (C=O) groups is 2. The molecule has 0 unspecified atom stereocenters. The SMILES string of the molecule is O=C(Nc1ccc(N2CCC(Cc3ccccc3)CC2)c(C(=O)NCc2cccnc2)c1)c1ccccc1F. The number of hydrogen-bond donors (Lipinski definition) is 2. The van der Waals surface area contributed by atoms with E-state index in [0.29, 0.717) is 23.7 Å². The summed E-state index contributed by atoms with van der Waals surface area (Å²) in [5.41, 5.74) is 3.90. The Bertz CT molecular complexity index is 1420. The number of hydrogen-bond acceptors (Lipinski definition) is 4. The van der Waals surface area contributed by atoms with Crippen molar-refractivity contribution in [1.82, 2.24) is 10.3 Å². The first kappa shape index (κ1) is 26.1. The van der Waals surface area contributed by atoms with Gasteiger partial charge in [-0.15, -0.1) is 0 Å². The minimum Gasteiger partial charge on any atom is -0.371 e. The van der Waals surface area contributed by atoms with E-state index in [1.54, 1.807) is 30.6 Å². The van der Waals surface area contributed by atoms with E-state index < -0.39 is 11.7 Å². The Kier molecular flexibility index (Phi) is 8.26. The Hall–Kier alpha value is -4.52. The second-order valence-corrected chi connectivity index (χ2v) is 9.83. The first-order valence-electron chi connectivity index (χ1n) is 13.2. The molecule has 0 aliphatic carbocycles. The molecular weight excluding hydrogens is 491 g/mol. The molecule has 7 heteroatoms. The molecule has 2 N–H and O–H groups in total. The maximum atomic E-state index is 14.2. The maximum Gasteiger partial charge on any atom is 0.258 e. The lowest BCUT2D eigenvalue weighted by atomic mass is 9.89. The Labute approximate surface area is 227 Å². The lowest BCUT2D eigenvalue weighted by Gasteiger charge is -2.35. The monoisotopic (exact) mass is 522 g/mol. The zero-order chi connectivity index (χ0) is 27.0. The molecule has 0 saturated carbocycles. The number of piperidine rings is 1. The third kappa shape index (κ3) is 6.68. The van der Waals surface area contributed by atoms with E-state index in [2.05, 4.69) is 44.8 Å². The summed E-state index contributed by atoms with van der Waals surface area (Å²) in [6.07, 6.45) is 6.50. The molecule has 6 nitrogen and oxygen atoms in total. The van der Waals surface area contributed by atoms with Crippen LogP contribution in [0.25, 0.3) is 0 Å². The van der Waals surface area contributed by atoms with E-state index in [0.717, 1.165) is 43.6 Å². The van der Waals surface area contributed by atoms with Crippen molar-refractivity contribution in [3.63, 3.8) is 0 Å². The van der Waals surface area contributed by atoms with E-state index in [1.165, 1.54) is 23.8 Å². The molecule has 0 spiro atoms. The van der Waals surface area contributed by atoms with Gasteiger partial charge in [-0.2, -0.15) is 0 Å². The van der Waals surface area contributed by atoms with Gasteiger partial charge in [-0.05, 0) is 72.7 Å². The van der Waals surface area contributed by atoms with Crippen molar-refractivity contribution in [2.24, 2.45) is 5.92 Å². The van der Waals surface area contributed by atoms with Crippen LogP contribution in [0.3, 0.4) is 0 Å². The molecule has 0 bridgehead atoms. The van der Waals surface area contributed by atoms with Gasteiger partial charge in [0.2, 0.25) is 0 Å². The topological polar surface area (TPSA) is 74.3 Å². The normalized spacial score (nSPS) is 13.6. The number of nitrogens with zero attached hydrogens (tertiary/aromatic N) is 2. The Morgan fingerprint density at radius 2 is 1.59 bits per heavy atom. The number of benzene rings is 3. The number of aromatic nitrogens is 1. The van der Waals surface area contributed by atoms with Gasteiger partial charge in [-0.3, -0.25) is 14.6 Å². The van der Waals surface area contributed by atoms with Crippen molar-refractivity contribution >= 4 is 23.2 Å². The summed E-state index contributed by atoms with van der Waals surface area (Å²) in [5, 5.41) is 5.72. The molecule has 3 aromatic carbocycles. The van der Waals surface area contributed by atoms with Gasteiger partial charge >= 0.3 is 0 Å². The lowest BCUT2D eigenvalue weighted by molar-refractivity contribution is 0.0949. The van der Waals surface area contributed by atoms with Crippen molar-refractivity contribution < 1.29 is 14.0 Å². The van der Waals surface area contributed by atoms with Crippen LogP contribution in [-0.2, 0) is 13.0 Å². The van der Waals surface area contributed by atoms with Gasteiger partial charge in [0, 0.05) is 43.4 Å². The fourth-order valence-corrected chi connectivity index (χ4v) is 5.02. The van der Waals surface area contributed by atoms with Gasteiger partial charge in [0.1, 0.15) is 5.82 Å². The highest BCUT2D eigenvalue weighted by molar-refractivity contribution is 6.06. The minimum absolute atomic E-state index is 0.0513. The summed E-state index contributed by atoms with van der Waals surface area (Å²) in [6.45, 7) is 2.00. The third-order valence-corrected chi connectivity index (χ3v) is 7.12. The number of carbonyl (C=O) groups excluding carboxylic acids is 2. The average Bonchev–Trinajstić information content (AvgIpc) is 2.97. The van der Waals surface area contributed by atoms with Crippen LogP contribution in [0.4, 0.5) is 15.8 Å². The minimum atomic E-state index is -0.598. The molecule has 0 radical (unpaired) electrons. The summed E-state index contributed by atoms with van der Waals surface area (Å²) in [6, 6.07) is 25.4. The maximum absolute atomic E-state index is 14.2. The molecule has 1 aliphatic rings. The van der Waals surface area contributed by atoms with E-state index in [-0.39, 0.29) is 11.5 Å². The van der Waals surface area contributed by atoms with Crippen molar-refractivity contribution in [3.05, 3.63) is 125 Å². The zero-order valence-electron chi connectivity index (χ0n) is 21.6. The van der Waals surface area contributed by atoms with Crippen LogP contribution in [0.2, 0.25) is 0 Å². The average molecular weight is 523 g/mol. The van der Waals surface area contributed by atoms with E-state index in [4.69, 9.17) is 0 Å². The van der Waals surface area contributed by atoms with Crippen LogP contribution < -0.4 is 15.5 Å². The second kappa shape index (κ2) is 12.3. The number of halogens is 1. The molecular formula is C32H31FN4O2. The van der Waals surface area contributed by atoms with Crippen LogP contribution in [0.5, 0.6) is 0 Å². The van der Waals surface area contributed by atoms with Gasteiger partial charge in [-0.1, -0.05) is 48.5 Å². The second-order valence-electron chi connectivity index (χ2n) is 9.83. The van der Waals surface area contributed by atoms with Crippen LogP contribution >= 0.6 is 0 Å². The molecule has 1 fully saturated rings. The zero-order valence-corrected chi connectivity index (χ0v) is 21.6. The fourth-order valence-electron chi connectivity index (χ4n) is 5.02. The van der Waals surface area contributed by atoms with Crippen molar-refractivity contribution in [3.8, 4) is 0 Å². The van der Waals surface area contributed by atoms with Gasteiger partial charge in [-0.25, -0.2) is 4.39 Å². The van der Waals surface area contributed by atoms with E-state index in [1.807, 2.05) is 24.3 Å². The summed E-state index contributed by atoms with van der Waals surface area (Å²) in [4.78, 5) is 32.5. The number of pyridine rings is 1. The Morgan fingerprint density at radius 1 is 0.846 bits per heavy atom. The van der Waals surface area contributed by atoms with Crippen molar-refractivity contribution in [1.29, 1.82) is 0 Å². The van der Waals surface area contributed by atoms with E-state index >= 15 is 0 Å². The van der Waals surface area contributed by atoms with Gasteiger partial charge < -0.3 is 15.5 Å². The van der Waals surface area contributed by atoms with Crippen LogP contribution in [0.1, 0.15) is 44.7 Å². The summed E-state index contributed by atoms with van der Waals surface area (Å²) in [7, 11) is 0. The number of amides is 2. The predicted octanol–water partition coefficient (Wildman–Crippen LogP) is 5.86. The van der Waals surface area contributed by atoms with Crippen LogP contribution in [-0.4, -0.2) is 29.9 Å². The molecule has 198 valence electrons. The number of rotatable bonds is 8. The third-order valence-electron chi connectivity index (χ3n) is 7.12. The highest BCUT2D eigenvalue weighted by atomic mass is 19.1. The number of anilines is 2. The molecule has 4 aromatic rings. The van der Waals surface area contributed by atoms with Crippen LogP contribution in [0, 0.1) is 11.7 Å². The van der Waals surface area contributed by atoms with E-state index in [9.17, 15) is 14.0 Å². The van der Waals surface area contributed by atoms with Crippen molar-refractivity contribution in [2.45, 2.75) is 25.8 Å². The largest absolute Gasteiger partial charge is 0.371 e. The highest BCUT2D eigenvalue weighted by Crippen LogP contribution is 2.30. The quantitative estimate of drug-likeness (QED) is 0.304. The summed E-state index contributed by atoms with van der Waals surface area (Å²) >= 11 is 0. The van der Waals surface area contributed by atoms with Crippen molar-refractivity contribution in [2.75, 3.05) is 23.3 Å².